The van der Waals surface area contributed by atoms with Crippen LogP contribution in [0.5, 0.6) is 0 Å². The molecule has 17 heavy (non-hydrogen) atoms. The highest BCUT2D eigenvalue weighted by Gasteiger charge is 2.06. The molecule has 4 heteroatoms. The normalized spacial score (nSPS) is 10.9. The number of nitrogens with one attached hydrogen (secondary N) is 1. The van der Waals surface area contributed by atoms with E-state index in [0.29, 0.717) is 0 Å². The fourth-order valence-electron chi connectivity index (χ4n) is 1.83. The minimum atomic E-state index is 0.811. The van der Waals surface area contributed by atoms with Crippen molar-refractivity contribution in [3.05, 3.63) is 42.0 Å². The first-order valence-corrected chi connectivity index (χ1v) is 5.46. The smallest absolute Gasteiger partial charge is 0.141 e. The molecular weight excluding hydrogens is 212 g/mol. The van der Waals surface area contributed by atoms with Gasteiger partial charge in [0.25, 0.3) is 0 Å². The average molecular weight is 224 g/mol. The van der Waals surface area contributed by atoms with Crippen LogP contribution in [0.2, 0.25) is 0 Å². The van der Waals surface area contributed by atoms with Gasteiger partial charge >= 0.3 is 0 Å². The number of rotatable bonds is 1. The first-order chi connectivity index (χ1) is 8.24. The van der Waals surface area contributed by atoms with Crippen molar-refractivity contribution in [3.63, 3.8) is 0 Å². The molecule has 0 aliphatic rings. The molecule has 4 nitrogen and oxygen atoms in total. The molecule has 0 unspecified atom stereocenters. The molecule has 3 aromatic rings. The lowest BCUT2D eigenvalue weighted by Crippen LogP contribution is -1.83. The van der Waals surface area contributed by atoms with Crippen molar-refractivity contribution in [2.24, 2.45) is 0 Å². The molecule has 3 rings (SSSR count). The standard InChI is InChI=1S/C13H12N4/c1-8-3-11-12(4-9(8)2)17-13(16-11)10-5-14-7-15-6-10/h3-7H,1-2H3,(H,16,17). The number of nitrogens with zero attached hydrogens (tertiary/aromatic N) is 3. The van der Waals surface area contributed by atoms with E-state index in [2.05, 4.69) is 45.9 Å². The summed E-state index contributed by atoms with van der Waals surface area (Å²) in [7, 11) is 0. The summed E-state index contributed by atoms with van der Waals surface area (Å²) in [6.45, 7) is 4.19. The number of hydrogen-bond acceptors (Lipinski definition) is 3. The highest BCUT2D eigenvalue weighted by molar-refractivity contribution is 5.80. The van der Waals surface area contributed by atoms with Gasteiger partial charge in [0.15, 0.2) is 0 Å². The number of hydrogen-bond donors (Lipinski definition) is 1. The van der Waals surface area contributed by atoms with Gasteiger partial charge < -0.3 is 4.98 Å². The summed E-state index contributed by atoms with van der Waals surface area (Å²) in [6, 6.07) is 4.21. The second kappa shape index (κ2) is 3.66. The Kier molecular flexibility index (Phi) is 2.14. The molecule has 0 bridgehead atoms. The van der Waals surface area contributed by atoms with E-state index >= 15 is 0 Å². The minimum Gasteiger partial charge on any atom is -0.338 e. The lowest BCUT2D eigenvalue weighted by molar-refractivity contribution is 1.15. The topological polar surface area (TPSA) is 54.5 Å². The number of imidazole rings is 1. The summed E-state index contributed by atoms with van der Waals surface area (Å²) >= 11 is 0. The second-order valence-corrected chi connectivity index (χ2v) is 4.17. The average Bonchev–Trinajstić information content (AvgIpc) is 2.74. The summed E-state index contributed by atoms with van der Waals surface area (Å²) < 4.78 is 0. The maximum atomic E-state index is 4.55. The van der Waals surface area contributed by atoms with Gasteiger partial charge in [-0.05, 0) is 37.1 Å². The molecular formula is C13H12N4. The number of aryl methyl sites for hydroxylation is 2. The first-order valence-electron chi connectivity index (χ1n) is 5.46. The maximum Gasteiger partial charge on any atom is 0.141 e. The summed E-state index contributed by atoms with van der Waals surface area (Å²) in [5.74, 6) is 0.811. The lowest BCUT2D eigenvalue weighted by Gasteiger charge is -1.97. The molecule has 0 aliphatic carbocycles. The molecule has 0 spiro atoms. The van der Waals surface area contributed by atoms with Gasteiger partial charge in [-0.1, -0.05) is 0 Å². The van der Waals surface area contributed by atoms with Crippen molar-refractivity contribution in [2.75, 3.05) is 0 Å². The highest BCUT2D eigenvalue weighted by atomic mass is 14.9. The van der Waals surface area contributed by atoms with E-state index in [1.54, 1.807) is 12.4 Å². The molecule has 0 amide bonds. The van der Waals surface area contributed by atoms with Crippen LogP contribution < -0.4 is 0 Å². The van der Waals surface area contributed by atoms with Gasteiger partial charge in [0.1, 0.15) is 12.2 Å². The Morgan fingerprint density at radius 2 is 1.71 bits per heavy atom. The van der Waals surface area contributed by atoms with Crippen LogP contribution in [0.1, 0.15) is 11.1 Å². The molecule has 2 heterocycles. The maximum absolute atomic E-state index is 4.55. The van der Waals surface area contributed by atoms with Crippen molar-refractivity contribution in [3.8, 4) is 11.4 Å². The Labute approximate surface area is 98.8 Å². The van der Waals surface area contributed by atoms with Crippen molar-refractivity contribution >= 4 is 11.0 Å². The Bertz CT molecular complexity index is 631. The van der Waals surface area contributed by atoms with Crippen LogP contribution in [0.3, 0.4) is 0 Å². The van der Waals surface area contributed by atoms with E-state index in [9.17, 15) is 0 Å². The van der Waals surface area contributed by atoms with Crippen LogP contribution in [0.15, 0.2) is 30.9 Å². The molecule has 0 radical (unpaired) electrons. The third-order valence-corrected chi connectivity index (χ3v) is 2.93. The summed E-state index contributed by atoms with van der Waals surface area (Å²) in [5.41, 5.74) is 5.44. The van der Waals surface area contributed by atoms with E-state index in [0.717, 1.165) is 22.4 Å². The number of aromatic amines is 1. The van der Waals surface area contributed by atoms with Gasteiger partial charge in [0.2, 0.25) is 0 Å². The number of benzene rings is 1. The Balaban J connectivity index is 2.21. The van der Waals surface area contributed by atoms with Gasteiger partial charge in [0, 0.05) is 12.4 Å². The van der Waals surface area contributed by atoms with E-state index < -0.39 is 0 Å². The number of aromatic nitrogens is 4. The number of fused-ring (bicyclic) bond motifs is 1. The zero-order valence-electron chi connectivity index (χ0n) is 9.73. The molecule has 0 aliphatic heterocycles. The van der Waals surface area contributed by atoms with Gasteiger partial charge in [-0.2, -0.15) is 0 Å². The molecule has 1 N–H and O–H groups in total. The molecule has 2 aromatic heterocycles. The quantitative estimate of drug-likeness (QED) is 0.691. The highest BCUT2D eigenvalue weighted by Crippen LogP contribution is 2.21. The van der Waals surface area contributed by atoms with Crippen LogP contribution in [0.4, 0.5) is 0 Å². The predicted molar refractivity (Wildman–Crippen MR) is 66.6 cm³/mol. The van der Waals surface area contributed by atoms with E-state index in [-0.39, 0.29) is 0 Å². The van der Waals surface area contributed by atoms with E-state index in [1.165, 1.54) is 17.5 Å². The minimum absolute atomic E-state index is 0.811. The molecule has 84 valence electrons. The summed E-state index contributed by atoms with van der Waals surface area (Å²) in [4.78, 5) is 15.8. The Morgan fingerprint density at radius 1 is 1.00 bits per heavy atom. The fraction of sp³-hybridized carbons (Fsp3) is 0.154. The fourth-order valence-corrected chi connectivity index (χ4v) is 1.83. The first kappa shape index (κ1) is 9.96. The number of H-pyrrole nitrogens is 1. The van der Waals surface area contributed by atoms with Crippen LogP contribution in [0, 0.1) is 13.8 Å². The van der Waals surface area contributed by atoms with Gasteiger partial charge in [-0.15, -0.1) is 0 Å². The second-order valence-electron chi connectivity index (χ2n) is 4.17. The largest absolute Gasteiger partial charge is 0.338 e. The molecule has 0 saturated carbocycles. The molecule has 0 atom stereocenters. The summed E-state index contributed by atoms with van der Waals surface area (Å²) in [5, 5.41) is 0. The van der Waals surface area contributed by atoms with E-state index in [4.69, 9.17) is 0 Å². The van der Waals surface area contributed by atoms with Crippen molar-refractivity contribution in [1.82, 2.24) is 19.9 Å². The predicted octanol–water partition coefficient (Wildman–Crippen LogP) is 2.64. The van der Waals surface area contributed by atoms with Crippen LogP contribution in [-0.2, 0) is 0 Å². The third-order valence-electron chi connectivity index (χ3n) is 2.93. The van der Waals surface area contributed by atoms with Crippen molar-refractivity contribution in [1.29, 1.82) is 0 Å². The van der Waals surface area contributed by atoms with Crippen molar-refractivity contribution < 1.29 is 0 Å². The van der Waals surface area contributed by atoms with Crippen LogP contribution in [-0.4, -0.2) is 19.9 Å². The monoisotopic (exact) mass is 224 g/mol. The summed E-state index contributed by atoms with van der Waals surface area (Å²) in [6.07, 6.45) is 5.02. The SMILES string of the molecule is Cc1cc2nc(-c3cncnc3)[nH]c2cc1C. The molecule has 0 saturated heterocycles. The zero-order chi connectivity index (χ0) is 11.8. The van der Waals surface area contributed by atoms with Crippen LogP contribution in [0.25, 0.3) is 22.4 Å². The molecule has 0 fully saturated rings. The Hall–Kier alpha value is -2.23. The van der Waals surface area contributed by atoms with Crippen LogP contribution >= 0.6 is 0 Å². The Morgan fingerprint density at radius 3 is 2.47 bits per heavy atom. The van der Waals surface area contributed by atoms with Gasteiger partial charge in [0.05, 0.1) is 16.6 Å². The zero-order valence-corrected chi connectivity index (χ0v) is 9.73. The lowest BCUT2D eigenvalue weighted by atomic mass is 10.1. The van der Waals surface area contributed by atoms with Gasteiger partial charge in [-0.25, -0.2) is 15.0 Å². The molecule has 1 aromatic carbocycles. The van der Waals surface area contributed by atoms with E-state index in [1.807, 2.05) is 0 Å². The third kappa shape index (κ3) is 1.67. The van der Waals surface area contributed by atoms with Gasteiger partial charge in [-0.3, -0.25) is 0 Å². The van der Waals surface area contributed by atoms with Crippen molar-refractivity contribution in [2.45, 2.75) is 13.8 Å².